The zero-order chi connectivity index (χ0) is 23.5. The van der Waals surface area contributed by atoms with Gasteiger partial charge in [-0.1, -0.05) is 6.07 Å². The Kier molecular flexibility index (Phi) is 6.82. The molecule has 4 rings (SSSR count). The molecule has 0 saturated carbocycles. The quantitative estimate of drug-likeness (QED) is 0.303. The molecule has 3 aromatic rings. The highest BCUT2D eigenvalue weighted by atomic mass is 32.1. The monoisotopic (exact) mass is 479 g/mol. The molecule has 3 heterocycles. The van der Waals surface area contributed by atoms with Gasteiger partial charge in [-0.15, -0.1) is 22.7 Å². The van der Waals surface area contributed by atoms with Gasteiger partial charge in [0.25, 0.3) is 5.91 Å². The van der Waals surface area contributed by atoms with Crippen LogP contribution in [0.15, 0.2) is 29.2 Å². The summed E-state index contributed by atoms with van der Waals surface area (Å²) in [5.41, 5.74) is 4.36. The molecule has 33 heavy (non-hydrogen) atoms. The minimum atomic E-state index is -0.405. The molecule has 170 valence electrons. The molecule has 0 bridgehead atoms. The average Bonchev–Trinajstić information content (AvgIpc) is 3.53. The van der Waals surface area contributed by atoms with Crippen molar-refractivity contribution < 1.29 is 14.3 Å². The number of methoxy groups -OCH3 is 1. The largest absolute Gasteiger partial charge is 0.465 e. The summed E-state index contributed by atoms with van der Waals surface area (Å²) in [7, 11) is 1.41. The first kappa shape index (κ1) is 23.0. The van der Waals surface area contributed by atoms with Gasteiger partial charge in [-0.05, 0) is 74.2 Å². The van der Waals surface area contributed by atoms with Gasteiger partial charge in [-0.25, -0.2) is 4.79 Å². The van der Waals surface area contributed by atoms with Gasteiger partial charge in [0.1, 0.15) is 16.6 Å². The molecule has 3 aromatic heterocycles. The Bertz CT molecular complexity index is 1270. The second-order valence-corrected chi connectivity index (χ2v) is 10.1. The lowest BCUT2D eigenvalue weighted by Gasteiger charge is -2.12. The van der Waals surface area contributed by atoms with Crippen molar-refractivity contribution in [2.75, 3.05) is 7.11 Å². The van der Waals surface area contributed by atoms with E-state index >= 15 is 0 Å². The van der Waals surface area contributed by atoms with Crippen molar-refractivity contribution in [1.82, 2.24) is 9.88 Å². The van der Waals surface area contributed by atoms with E-state index in [0.717, 1.165) is 58.1 Å². The standard InChI is InChI=1S/C25H25N3O3S2/c1-15-11-17(12-18(13-26)23(29)27-14-19-7-6-10-32-19)16(2)28(15)24-22(25(30)31-3)20-8-4-5-9-21(20)33-24/h6-7,10-12H,4-5,8-9,14H2,1-3H3,(H,27,29)/b18-12+. The topological polar surface area (TPSA) is 84.1 Å². The number of nitrogens with zero attached hydrogens (tertiary/aromatic N) is 2. The van der Waals surface area contributed by atoms with E-state index in [9.17, 15) is 14.9 Å². The molecule has 0 unspecified atom stereocenters. The van der Waals surface area contributed by atoms with Gasteiger partial charge in [-0.2, -0.15) is 5.26 Å². The number of thiophene rings is 2. The molecule has 0 radical (unpaired) electrons. The van der Waals surface area contributed by atoms with Crippen molar-refractivity contribution in [2.24, 2.45) is 0 Å². The predicted molar refractivity (Wildman–Crippen MR) is 131 cm³/mol. The summed E-state index contributed by atoms with van der Waals surface area (Å²) >= 11 is 3.19. The molecule has 1 aliphatic rings. The Balaban J connectivity index is 1.70. The first-order valence-electron chi connectivity index (χ1n) is 10.8. The second-order valence-electron chi connectivity index (χ2n) is 7.98. The fraction of sp³-hybridized carbons (Fsp3) is 0.320. The highest BCUT2D eigenvalue weighted by Gasteiger charge is 2.28. The Hall–Kier alpha value is -3.15. The van der Waals surface area contributed by atoms with E-state index in [1.54, 1.807) is 28.7 Å². The van der Waals surface area contributed by atoms with Crippen molar-refractivity contribution in [2.45, 2.75) is 46.1 Å². The lowest BCUT2D eigenvalue weighted by Crippen LogP contribution is -2.23. The molecule has 1 aliphatic carbocycles. The Morgan fingerprint density at radius 2 is 2.09 bits per heavy atom. The van der Waals surface area contributed by atoms with E-state index in [2.05, 4.69) is 5.32 Å². The fourth-order valence-corrected chi connectivity index (χ4v) is 6.38. The van der Waals surface area contributed by atoms with Crippen LogP contribution >= 0.6 is 22.7 Å². The molecule has 0 saturated heterocycles. The molecule has 8 heteroatoms. The van der Waals surface area contributed by atoms with Crippen LogP contribution in [0, 0.1) is 25.2 Å². The van der Waals surface area contributed by atoms with Gasteiger partial charge in [0.15, 0.2) is 0 Å². The van der Waals surface area contributed by atoms with Crippen LogP contribution in [0.3, 0.4) is 0 Å². The molecule has 1 N–H and O–H groups in total. The first-order chi connectivity index (χ1) is 15.9. The Morgan fingerprint density at radius 3 is 2.79 bits per heavy atom. The van der Waals surface area contributed by atoms with Gasteiger partial charge < -0.3 is 14.6 Å². The molecule has 0 atom stereocenters. The van der Waals surface area contributed by atoms with E-state index in [1.165, 1.54) is 12.0 Å². The maximum Gasteiger partial charge on any atom is 0.341 e. The summed E-state index contributed by atoms with van der Waals surface area (Å²) in [5.74, 6) is -0.725. The number of nitriles is 1. The Labute approximate surface area is 201 Å². The summed E-state index contributed by atoms with van der Waals surface area (Å²) in [5, 5.41) is 15.2. The second kappa shape index (κ2) is 9.77. The summed E-state index contributed by atoms with van der Waals surface area (Å²) in [6.45, 7) is 4.29. The van der Waals surface area contributed by atoms with Gasteiger partial charge in [-0.3, -0.25) is 4.79 Å². The fourth-order valence-electron chi connectivity index (χ4n) is 4.25. The van der Waals surface area contributed by atoms with Crippen molar-refractivity contribution in [3.8, 4) is 11.1 Å². The number of aryl methyl sites for hydroxylation is 2. The predicted octanol–water partition coefficient (Wildman–Crippen LogP) is 5.11. The van der Waals surface area contributed by atoms with Gasteiger partial charge in [0.05, 0.1) is 19.2 Å². The smallest absolute Gasteiger partial charge is 0.341 e. The summed E-state index contributed by atoms with van der Waals surface area (Å²) in [4.78, 5) is 27.6. The zero-order valence-electron chi connectivity index (χ0n) is 18.9. The summed E-state index contributed by atoms with van der Waals surface area (Å²) in [6.07, 6.45) is 5.66. The maximum atomic E-state index is 12.7. The number of amides is 1. The number of fused-ring (bicyclic) bond motifs is 1. The first-order valence-corrected chi connectivity index (χ1v) is 12.5. The normalized spacial score (nSPS) is 13.3. The number of carbonyl (C=O) groups is 2. The van der Waals surface area contributed by atoms with E-state index in [0.29, 0.717) is 12.1 Å². The van der Waals surface area contributed by atoms with Crippen LogP contribution < -0.4 is 5.32 Å². The lowest BCUT2D eigenvalue weighted by atomic mass is 9.95. The van der Waals surface area contributed by atoms with Crippen LogP contribution in [0.4, 0.5) is 0 Å². The summed E-state index contributed by atoms with van der Waals surface area (Å²) in [6, 6.07) is 7.83. The number of carbonyl (C=O) groups excluding carboxylic acids is 2. The van der Waals surface area contributed by atoms with Crippen LogP contribution in [0.5, 0.6) is 0 Å². The molecule has 0 aromatic carbocycles. The third kappa shape index (κ3) is 4.52. The third-order valence-corrected chi connectivity index (χ3v) is 8.04. The summed E-state index contributed by atoms with van der Waals surface area (Å²) < 4.78 is 7.17. The molecule has 1 amide bonds. The maximum absolute atomic E-state index is 12.7. The SMILES string of the molecule is COC(=O)c1c(-n2c(C)cc(/C=C(\C#N)C(=O)NCc3cccs3)c2C)sc2c1CCCC2. The van der Waals surface area contributed by atoms with E-state index in [4.69, 9.17) is 4.74 Å². The van der Waals surface area contributed by atoms with Crippen molar-refractivity contribution in [1.29, 1.82) is 5.26 Å². The van der Waals surface area contributed by atoms with Crippen molar-refractivity contribution >= 4 is 40.6 Å². The molecule has 0 fully saturated rings. The van der Waals surface area contributed by atoms with Gasteiger partial charge >= 0.3 is 5.97 Å². The number of nitrogens with one attached hydrogen (secondary N) is 1. The average molecular weight is 480 g/mol. The Morgan fingerprint density at radius 1 is 1.30 bits per heavy atom. The van der Waals surface area contributed by atoms with E-state index in [-0.39, 0.29) is 11.5 Å². The van der Waals surface area contributed by atoms with Crippen LogP contribution in [0.2, 0.25) is 0 Å². The number of hydrogen-bond acceptors (Lipinski definition) is 6. The zero-order valence-corrected chi connectivity index (χ0v) is 20.5. The van der Waals surface area contributed by atoms with Crippen LogP contribution in [-0.2, 0) is 28.9 Å². The minimum Gasteiger partial charge on any atom is -0.465 e. The van der Waals surface area contributed by atoms with Crippen LogP contribution in [-0.4, -0.2) is 23.6 Å². The molecule has 0 spiro atoms. The lowest BCUT2D eigenvalue weighted by molar-refractivity contribution is -0.117. The molecule has 0 aliphatic heterocycles. The highest BCUT2D eigenvalue weighted by molar-refractivity contribution is 7.15. The van der Waals surface area contributed by atoms with E-state index < -0.39 is 5.91 Å². The van der Waals surface area contributed by atoms with Crippen LogP contribution in [0.25, 0.3) is 11.1 Å². The number of esters is 1. The van der Waals surface area contributed by atoms with Crippen molar-refractivity contribution in [3.05, 3.63) is 67.0 Å². The number of ether oxygens (including phenoxy) is 1. The van der Waals surface area contributed by atoms with Gasteiger partial charge in [0.2, 0.25) is 0 Å². The number of aromatic nitrogens is 1. The third-order valence-electron chi connectivity index (χ3n) is 5.88. The highest BCUT2D eigenvalue weighted by Crippen LogP contribution is 2.39. The van der Waals surface area contributed by atoms with E-state index in [1.807, 2.05) is 48.1 Å². The van der Waals surface area contributed by atoms with Crippen molar-refractivity contribution in [3.63, 3.8) is 0 Å². The van der Waals surface area contributed by atoms with Gasteiger partial charge in [0, 0.05) is 21.1 Å². The number of hydrogen-bond donors (Lipinski definition) is 1. The van der Waals surface area contributed by atoms with Crippen LogP contribution in [0.1, 0.15) is 55.5 Å². The molecule has 6 nitrogen and oxygen atoms in total. The molecular formula is C25H25N3O3S2. The molecular weight excluding hydrogens is 454 g/mol. The minimum absolute atomic E-state index is 0.0467. The number of rotatable bonds is 6.